The van der Waals surface area contributed by atoms with E-state index in [2.05, 4.69) is 22.5 Å². The number of amides is 1. The van der Waals surface area contributed by atoms with E-state index in [1.54, 1.807) is 30.8 Å². The van der Waals surface area contributed by atoms with Crippen LogP contribution in [0.4, 0.5) is 5.82 Å². The van der Waals surface area contributed by atoms with Crippen molar-refractivity contribution in [3.05, 3.63) is 35.0 Å². The largest absolute Gasteiger partial charge is 0.360 e. The van der Waals surface area contributed by atoms with E-state index in [9.17, 15) is 4.79 Å². The van der Waals surface area contributed by atoms with Gasteiger partial charge < -0.3 is 10.6 Å². The second kappa shape index (κ2) is 6.99. The van der Waals surface area contributed by atoms with E-state index in [1.807, 2.05) is 12.1 Å². The summed E-state index contributed by atoms with van der Waals surface area (Å²) in [6.07, 6.45) is 6.81. The van der Waals surface area contributed by atoms with Gasteiger partial charge in [-0.25, -0.2) is 9.97 Å². The molecule has 1 atom stereocenters. The summed E-state index contributed by atoms with van der Waals surface area (Å²) in [5.41, 5.74) is 2.22. The molecule has 4 rings (SSSR count). The monoisotopic (exact) mass is 367 g/mol. The van der Waals surface area contributed by atoms with Crippen LogP contribution in [0, 0.1) is 5.92 Å². The summed E-state index contributed by atoms with van der Waals surface area (Å²) in [5, 5.41) is 6.94. The standard InChI is InChI=1S/C19H21N5OS/c1-11-5-6-13-14(8-11)26-19-16(13)18(22-10-15(25)20-2)23-17(24-19)12-4-3-7-21-9-12/h3-4,7,9,11H,5-6,8,10H2,1-2H3,(H,20,25)(H,22,23,24)/t11-/m1/s1. The van der Waals surface area contributed by atoms with E-state index in [4.69, 9.17) is 9.97 Å². The van der Waals surface area contributed by atoms with Gasteiger partial charge in [-0.3, -0.25) is 9.78 Å². The fraction of sp³-hybridized carbons (Fsp3) is 0.368. The van der Waals surface area contributed by atoms with Gasteiger partial charge in [0.05, 0.1) is 11.9 Å². The molecule has 0 bridgehead atoms. The minimum absolute atomic E-state index is 0.0718. The Balaban J connectivity index is 1.84. The number of carbonyl (C=O) groups is 1. The molecule has 2 N–H and O–H groups in total. The van der Waals surface area contributed by atoms with Crippen LogP contribution in [0.5, 0.6) is 0 Å². The van der Waals surface area contributed by atoms with Crippen molar-refractivity contribution in [3.8, 4) is 11.4 Å². The van der Waals surface area contributed by atoms with Crippen molar-refractivity contribution in [2.45, 2.75) is 26.2 Å². The Morgan fingerprint density at radius 2 is 2.27 bits per heavy atom. The molecule has 0 fully saturated rings. The molecule has 134 valence electrons. The average molecular weight is 367 g/mol. The van der Waals surface area contributed by atoms with E-state index in [1.165, 1.54) is 16.9 Å². The van der Waals surface area contributed by atoms with Gasteiger partial charge >= 0.3 is 0 Å². The first-order valence-corrected chi connectivity index (χ1v) is 9.64. The lowest BCUT2D eigenvalue weighted by Crippen LogP contribution is -2.26. The highest BCUT2D eigenvalue weighted by Crippen LogP contribution is 2.40. The summed E-state index contributed by atoms with van der Waals surface area (Å²) in [4.78, 5) is 27.8. The Labute approximate surface area is 156 Å². The molecule has 0 saturated carbocycles. The summed E-state index contributed by atoms with van der Waals surface area (Å²) in [5.74, 6) is 2.00. The Morgan fingerprint density at radius 3 is 3.04 bits per heavy atom. The van der Waals surface area contributed by atoms with Crippen molar-refractivity contribution in [2.75, 3.05) is 18.9 Å². The lowest BCUT2D eigenvalue weighted by molar-refractivity contribution is -0.118. The zero-order valence-electron chi connectivity index (χ0n) is 14.9. The first kappa shape index (κ1) is 16.9. The molecule has 7 heteroatoms. The highest BCUT2D eigenvalue weighted by molar-refractivity contribution is 7.19. The van der Waals surface area contributed by atoms with Gasteiger partial charge in [0.1, 0.15) is 10.6 Å². The van der Waals surface area contributed by atoms with Crippen LogP contribution in [0.3, 0.4) is 0 Å². The molecular weight excluding hydrogens is 346 g/mol. The van der Waals surface area contributed by atoms with Gasteiger partial charge in [-0.15, -0.1) is 11.3 Å². The molecule has 0 aliphatic heterocycles. The number of fused-ring (bicyclic) bond motifs is 3. The molecule has 0 aromatic carbocycles. The number of hydrogen-bond acceptors (Lipinski definition) is 6. The van der Waals surface area contributed by atoms with Crippen LogP contribution in [0.2, 0.25) is 0 Å². The number of pyridine rings is 1. The molecule has 6 nitrogen and oxygen atoms in total. The first-order chi connectivity index (χ1) is 12.7. The fourth-order valence-corrected chi connectivity index (χ4v) is 4.73. The van der Waals surface area contributed by atoms with Crippen molar-refractivity contribution < 1.29 is 4.79 Å². The summed E-state index contributed by atoms with van der Waals surface area (Å²) in [6, 6.07) is 3.83. The van der Waals surface area contributed by atoms with Crippen molar-refractivity contribution in [3.63, 3.8) is 0 Å². The zero-order chi connectivity index (χ0) is 18.1. The van der Waals surface area contributed by atoms with Crippen LogP contribution in [0.15, 0.2) is 24.5 Å². The normalized spacial score (nSPS) is 16.3. The van der Waals surface area contributed by atoms with Crippen LogP contribution >= 0.6 is 11.3 Å². The minimum atomic E-state index is -0.0718. The topological polar surface area (TPSA) is 79.8 Å². The number of nitrogens with zero attached hydrogens (tertiary/aromatic N) is 3. The molecule has 0 spiro atoms. The smallest absolute Gasteiger partial charge is 0.239 e. The predicted octanol–water partition coefficient (Wildman–Crippen LogP) is 3.04. The van der Waals surface area contributed by atoms with E-state index in [0.29, 0.717) is 11.7 Å². The summed E-state index contributed by atoms with van der Waals surface area (Å²) in [7, 11) is 1.63. The third kappa shape index (κ3) is 3.14. The number of likely N-dealkylation sites (N-methyl/N-ethyl adjacent to an activating group) is 1. The Hall–Kier alpha value is -2.54. The molecule has 0 saturated heterocycles. The number of thiophene rings is 1. The van der Waals surface area contributed by atoms with Gasteiger partial charge in [0.25, 0.3) is 0 Å². The number of nitrogens with one attached hydrogen (secondary N) is 2. The zero-order valence-corrected chi connectivity index (χ0v) is 15.7. The maximum atomic E-state index is 11.7. The molecule has 3 aromatic heterocycles. The van der Waals surface area contributed by atoms with Crippen LogP contribution in [-0.2, 0) is 17.6 Å². The maximum absolute atomic E-state index is 11.7. The molecule has 26 heavy (non-hydrogen) atoms. The third-order valence-corrected chi connectivity index (χ3v) is 5.92. The Bertz CT molecular complexity index is 953. The highest BCUT2D eigenvalue weighted by atomic mass is 32.1. The predicted molar refractivity (Wildman–Crippen MR) is 104 cm³/mol. The lowest BCUT2D eigenvalue weighted by Gasteiger charge is -2.18. The van der Waals surface area contributed by atoms with Crippen molar-refractivity contribution in [1.29, 1.82) is 0 Å². The molecule has 0 unspecified atom stereocenters. The van der Waals surface area contributed by atoms with Crippen LogP contribution in [0.25, 0.3) is 21.6 Å². The molecule has 1 aliphatic rings. The third-order valence-electron chi connectivity index (χ3n) is 4.77. The number of hydrogen-bond donors (Lipinski definition) is 2. The molecule has 3 aromatic rings. The Kier molecular flexibility index (Phi) is 4.55. The molecule has 0 radical (unpaired) electrons. The van der Waals surface area contributed by atoms with Gasteiger partial charge in [0.2, 0.25) is 5.91 Å². The van der Waals surface area contributed by atoms with E-state index >= 15 is 0 Å². The van der Waals surface area contributed by atoms with Crippen molar-refractivity contribution >= 4 is 33.3 Å². The van der Waals surface area contributed by atoms with Crippen LogP contribution in [-0.4, -0.2) is 34.5 Å². The first-order valence-electron chi connectivity index (χ1n) is 8.83. The van der Waals surface area contributed by atoms with Gasteiger partial charge in [0.15, 0.2) is 5.82 Å². The second-order valence-corrected chi connectivity index (χ2v) is 7.78. The number of aryl methyl sites for hydroxylation is 1. The second-order valence-electron chi connectivity index (χ2n) is 6.70. The van der Waals surface area contributed by atoms with E-state index in [0.717, 1.165) is 34.4 Å². The quantitative estimate of drug-likeness (QED) is 0.741. The lowest BCUT2D eigenvalue weighted by atomic mass is 9.89. The van der Waals surface area contributed by atoms with Gasteiger partial charge in [-0.1, -0.05) is 6.92 Å². The maximum Gasteiger partial charge on any atom is 0.239 e. The van der Waals surface area contributed by atoms with Gasteiger partial charge in [-0.05, 0) is 42.9 Å². The van der Waals surface area contributed by atoms with Crippen LogP contribution < -0.4 is 10.6 Å². The minimum Gasteiger partial charge on any atom is -0.360 e. The molecule has 1 amide bonds. The van der Waals surface area contributed by atoms with Gasteiger partial charge in [0, 0.05) is 29.9 Å². The van der Waals surface area contributed by atoms with Crippen molar-refractivity contribution in [1.82, 2.24) is 20.3 Å². The van der Waals surface area contributed by atoms with Gasteiger partial charge in [-0.2, -0.15) is 0 Å². The Morgan fingerprint density at radius 1 is 1.38 bits per heavy atom. The number of aromatic nitrogens is 3. The number of anilines is 1. The van der Waals surface area contributed by atoms with E-state index < -0.39 is 0 Å². The highest BCUT2D eigenvalue weighted by Gasteiger charge is 2.24. The molecule has 3 heterocycles. The molecular formula is C19H21N5OS. The number of rotatable bonds is 4. The van der Waals surface area contributed by atoms with Crippen LogP contribution in [0.1, 0.15) is 23.8 Å². The van der Waals surface area contributed by atoms with Crippen molar-refractivity contribution in [2.24, 2.45) is 5.92 Å². The van der Waals surface area contributed by atoms with E-state index in [-0.39, 0.29) is 12.5 Å². The number of carbonyl (C=O) groups excluding carboxylic acids is 1. The summed E-state index contributed by atoms with van der Waals surface area (Å²) in [6.45, 7) is 2.49. The average Bonchev–Trinajstić information content (AvgIpc) is 3.03. The SMILES string of the molecule is CNC(=O)CNc1nc(-c2cccnc2)nc2sc3c(c12)CC[C@@H](C)C3. The molecule has 1 aliphatic carbocycles. The summed E-state index contributed by atoms with van der Waals surface area (Å²) >= 11 is 1.75. The summed E-state index contributed by atoms with van der Waals surface area (Å²) < 4.78 is 0. The fourth-order valence-electron chi connectivity index (χ4n) is 3.35.